The Bertz CT molecular complexity index is 296. The molecule has 0 heterocycles. The highest BCUT2D eigenvalue weighted by Gasteiger charge is 1.97. The molecule has 2 nitrogen and oxygen atoms in total. The SMILES string of the molecule is CCCC/C=C\CCCCCCCCCCCCCCCCC(=O)O. The smallest absolute Gasteiger partial charge is 0.303 e. The Labute approximate surface area is 157 Å². The molecule has 25 heavy (non-hydrogen) atoms. The summed E-state index contributed by atoms with van der Waals surface area (Å²) in [5.41, 5.74) is 0. The first kappa shape index (κ1) is 24.2. The zero-order valence-electron chi connectivity index (χ0n) is 16.9. The summed E-state index contributed by atoms with van der Waals surface area (Å²) in [4.78, 5) is 10.4. The zero-order valence-corrected chi connectivity index (χ0v) is 16.9. The van der Waals surface area contributed by atoms with Crippen molar-refractivity contribution < 1.29 is 9.90 Å². The largest absolute Gasteiger partial charge is 0.481 e. The summed E-state index contributed by atoms with van der Waals surface area (Å²) >= 11 is 0. The minimum absolute atomic E-state index is 0.343. The molecule has 0 saturated heterocycles. The molecule has 0 aromatic rings. The van der Waals surface area contributed by atoms with E-state index in [1.54, 1.807) is 0 Å². The van der Waals surface area contributed by atoms with Crippen LogP contribution in [0.3, 0.4) is 0 Å². The first-order valence-electron chi connectivity index (χ1n) is 11.1. The van der Waals surface area contributed by atoms with E-state index in [2.05, 4.69) is 19.1 Å². The van der Waals surface area contributed by atoms with Crippen LogP contribution >= 0.6 is 0 Å². The highest BCUT2D eigenvalue weighted by Crippen LogP contribution is 2.13. The lowest BCUT2D eigenvalue weighted by atomic mass is 10.0. The Kier molecular flexibility index (Phi) is 20.6. The van der Waals surface area contributed by atoms with Crippen molar-refractivity contribution in [2.24, 2.45) is 0 Å². The number of aliphatic carboxylic acids is 1. The third-order valence-electron chi connectivity index (χ3n) is 4.90. The van der Waals surface area contributed by atoms with Crippen molar-refractivity contribution in [3.8, 4) is 0 Å². The number of carbonyl (C=O) groups is 1. The van der Waals surface area contributed by atoms with Crippen molar-refractivity contribution >= 4 is 5.97 Å². The van der Waals surface area contributed by atoms with E-state index in [4.69, 9.17) is 5.11 Å². The molecule has 148 valence electrons. The molecule has 0 fully saturated rings. The van der Waals surface area contributed by atoms with E-state index >= 15 is 0 Å². The van der Waals surface area contributed by atoms with Crippen LogP contribution in [0.1, 0.15) is 129 Å². The van der Waals surface area contributed by atoms with Gasteiger partial charge in [0.05, 0.1) is 0 Å². The lowest BCUT2D eigenvalue weighted by Gasteiger charge is -2.03. The van der Waals surface area contributed by atoms with E-state index in [0.717, 1.165) is 12.8 Å². The van der Waals surface area contributed by atoms with Crippen LogP contribution in [0.15, 0.2) is 12.2 Å². The normalized spacial score (nSPS) is 11.4. The van der Waals surface area contributed by atoms with Gasteiger partial charge in [-0.25, -0.2) is 0 Å². The van der Waals surface area contributed by atoms with Crippen molar-refractivity contribution in [2.45, 2.75) is 129 Å². The highest BCUT2D eigenvalue weighted by molar-refractivity contribution is 5.66. The molecule has 0 bridgehead atoms. The molecule has 0 saturated carbocycles. The van der Waals surface area contributed by atoms with Crippen LogP contribution in [-0.4, -0.2) is 11.1 Å². The van der Waals surface area contributed by atoms with Crippen molar-refractivity contribution in [3.63, 3.8) is 0 Å². The zero-order chi connectivity index (χ0) is 18.4. The molecule has 0 aromatic heterocycles. The third-order valence-corrected chi connectivity index (χ3v) is 4.90. The van der Waals surface area contributed by atoms with E-state index in [-0.39, 0.29) is 0 Å². The van der Waals surface area contributed by atoms with Gasteiger partial charge >= 0.3 is 5.97 Å². The summed E-state index contributed by atoms with van der Waals surface area (Å²) in [6, 6.07) is 0. The Morgan fingerprint density at radius 3 is 1.36 bits per heavy atom. The van der Waals surface area contributed by atoms with Crippen LogP contribution in [0.25, 0.3) is 0 Å². The maximum Gasteiger partial charge on any atom is 0.303 e. The Balaban J connectivity index is 3.03. The molecule has 0 spiro atoms. The number of carboxylic acids is 1. The van der Waals surface area contributed by atoms with E-state index in [0.29, 0.717) is 6.42 Å². The van der Waals surface area contributed by atoms with Gasteiger partial charge in [0.1, 0.15) is 0 Å². The monoisotopic (exact) mass is 352 g/mol. The molecule has 0 rings (SSSR count). The molecule has 0 amide bonds. The van der Waals surface area contributed by atoms with Gasteiger partial charge in [0.2, 0.25) is 0 Å². The summed E-state index contributed by atoms with van der Waals surface area (Å²) in [6.45, 7) is 2.25. The van der Waals surface area contributed by atoms with Gasteiger partial charge in [-0.1, -0.05) is 109 Å². The molecule has 0 aliphatic rings. The molecule has 1 N–H and O–H groups in total. The summed E-state index contributed by atoms with van der Waals surface area (Å²) in [6.07, 6.45) is 28.6. The molecular weight excluding hydrogens is 308 g/mol. The second kappa shape index (κ2) is 21.3. The summed E-state index contributed by atoms with van der Waals surface area (Å²) < 4.78 is 0. The van der Waals surface area contributed by atoms with Crippen LogP contribution in [0.2, 0.25) is 0 Å². The molecule has 2 heteroatoms. The molecule has 0 unspecified atom stereocenters. The van der Waals surface area contributed by atoms with Crippen molar-refractivity contribution in [1.82, 2.24) is 0 Å². The van der Waals surface area contributed by atoms with E-state index < -0.39 is 5.97 Å². The molecule has 0 atom stereocenters. The fraction of sp³-hybridized carbons (Fsp3) is 0.870. The van der Waals surface area contributed by atoms with Crippen LogP contribution in [-0.2, 0) is 4.79 Å². The second-order valence-corrected chi connectivity index (χ2v) is 7.50. The predicted octanol–water partition coefficient (Wildman–Crippen LogP) is 8.06. The Hall–Kier alpha value is -0.790. The van der Waals surface area contributed by atoms with Crippen molar-refractivity contribution in [1.29, 1.82) is 0 Å². The number of allylic oxidation sites excluding steroid dienone is 2. The second-order valence-electron chi connectivity index (χ2n) is 7.50. The quantitative estimate of drug-likeness (QED) is 0.178. The number of unbranched alkanes of at least 4 members (excludes halogenated alkanes) is 16. The average Bonchev–Trinajstić information content (AvgIpc) is 2.60. The van der Waals surface area contributed by atoms with Crippen molar-refractivity contribution in [2.75, 3.05) is 0 Å². The van der Waals surface area contributed by atoms with E-state index in [1.807, 2.05) is 0 Å². The van der Waals surface area contributed by atoms with Gasteiger partial charge in [-0.2, -0.15) is 0 Å². The van der Waals surface area contributed by atoms with Gasteiger partial charge in [-0.15, -0.1) is 0 Å². The van der Waals surface area contributed by atoms with Crippen LogP contribution in [0, 0.1) is 0 Å². The van der Waals surface area contributed by atoms with Crippen LogP contribution < -0.4 is 0 Å². The summed E-state index contributed by atoms with van der Waals surface area (Å²) in [5.74, 6) is -0.653. The number of carboxylic acid groups (broad SMARTS) is 1. The van der Waals surface area contributed by atoms with Gasteiger partial charge in [0, 0.05) is 6.42 Å². The minimum Gasteiger partial charge on any atom is -0.481 e. The lowest BCUT2D eigenvalue weighted by molar-refractivity contribution is -0.137. The minimum atomic E-state index is -0.653. The number of rotatable bonds is 20. The maximum absolute atomic E-state index is 10.4. The highest BCUT2D eigenvalue weighted by atomic mass is 16.4. The van der Waals surface area contributed by atoms with Gasteiger partial charge in [0.25, 0.3) is 0 Å². The maximum atomic E-state index is 10.4. The summed E-state index contributed by atoms with van der Waals surface area (Å²) in [5, 5.41) is 8.56. The van der Waals surface area contributed by atoms with E-state index in [9.17, 15) is 4.79 Å². The predicted molar refractivity (Wildman–Crippen MR) is 110 cm³/mol. The fourth-order valence-corrected chi connectivity index (χ4v) is 3.22. The fourth-order valence-electron chi connectivity index (χ4n) is 3.22. The molecule has 0 radical (unpaired) electrons. The average molecular weight is 353 g/mol. The van der Waals surface area contributed by atoms with Crippen molar-refractivity contribution in [3.05, 3.63) is 12.2 Å². The molecular formula is C23H44O2. The summed E-state index contributed by atoms with van der Waals surface area (Å²) in [7, 11) is 0. The van der Waals surface area contributed by atoms with Gasteiger partial charge < -0.3 is 5.11 Å². The standard InChI is InChI=1S/C23H44O2/c1-2-3-4-5-6-7-8-9-10-11-12-13-14-15-16-17-18-19-20-21-22-23(24)25/h5-6H,2-4,7-22H2,1H3,(H,24,25)/b6-5-. The number of hydrogen-bond donors (Lipinski definition) is 1. The first-order valence-corrected chi connectivity index (χ1v) is 11.1. The Morgan fingerprint density at radius 1 is 0.600 bits per heavy atom. The van der Waals surface area contributed by atoms with Gasteiger partial charge in [0.15, 0.2) is 0 Å². The first-order chi connectivity index (χ1) is 12.3. The lowest BCUT2D eigenvalue weighted by Crippen LogP contribution is -1.93. The van der Waals surface area contributed by atoms with Crippen LogP contribution in [0.4, 0.5) is 0 Å². The van der Waals surface area contributed by atoms with Gasteiger partial charge in [-0.3, -0.25) is 4.79 Å². The molecule has 0 aromatic carbocycles. The van der Waals surface area contributed by atoms with Crippen LogP contribution in [0.5, 0.6) is 0 Å². The molecule has 0 aliphatic carbocycles. The van der Waals surface area contributed by atoms with Gasteiger partial charge in [-0.05, 0) is 25.7 Å². The Morgan fingerprint density at radius 2 is 0.960 bits per heavy atom. The van der Waals surface area contributed by atoms with E-state index in [1.165, 1.54) is 103 Å². The number of hydrogen-bond acceptors (Lipinski definition) is 1. The third kappa shape index (κ3) is 23.2. The topological polar surface area (TPSA) is 37.3 Å². The molecule has 0 aliphatic heterocycles.